The predicted molar refractivity (Wildman–Crippen MR) is 83.4 cm³/mol. The maximum Gasteiger partial charge on any atom is 0.255 e. The summed E-state index contributed by atoms with van der Waals surface area (Å²) in [6.07, 6.45) is 0.814. The van der Waals surface area contributed by atoms with Crippen molar-refractivity contribution in [3.63, 3.8) is 0 Å². The molecular formula is C16H20ClN3O. The zero-order valence-electron chi connectivity index (χ0n) is 12.5. The standard InChI is InChI=1S/C16H20ClN3O/c1-3-13(11-18)19-7-9-20(10-8-19)16(21)14-6-4-5-12(2)15(14)17/h4-6,13H,3,7-10H2,1-2H3. The molecule has 0 spiro atoms. The summed E-state index contributed by atoms with van der Waals surface area (Å²) in [6.45, 7) is 6.67. The summed E-state index contributed by atoms with van der Waals surface area (Å²) in [7, 11) is 0. The summed E-state index contributed by atoms with van der Waals surface area (Å²) < 4.78 is 0. The van der Waals surface area contributed by atoms with Crippen LogP contribution in [0.3, 0.4) is 0 Å². The minimum atomic E-state index is -0.0511. The van der Waals surface area contributed by atoms with Crippen molar-refractivity contribution >= 4 is 17.5 Å². The van der Waals surface area contributed by atoms with Gasteiger partial charge in [-0.15, -0.1) is 0 Å². The highest BCUT2D eigenvalue weighted by Crippen LogP contribution is 2.22. The highest BCUT2D eigenvalue weighted by atomic mass is 35.5. The van der Waals surface area contributed by atoms with Crippen LogP contribution >= 0.6 is 11.6 Å². The highest BCUT2D eigenvalue weighted by Gasteiger charge is 2.26. The largest absolute Gasteiger partial charge is 0.336 e. The third kappa shape index (κ3) is 3.37. The number of aryl methyl sites for hydroxylation is 1. The number of carbonyl (C=O) groups is 1. The number of halogens is 1. The van der Waals surface area contributed by atoms with Crippen LogP contribution in [-0.2, 0) is 0 Å². The van der Waals surface area contributed by atoms with Gasteiger partial charge in [-0.05, 0) is 25.0 Å². The molecule has 0 saturated carbocycles. The molecule has 1 heterocycles. The van der Waals surface area contributed by atoms with Gasteiger partial charge in [-0.3, -0.25) is 9.69 Å². The SMILES string of the molecule is CCC(C#N)N1CCN(C(=O)c2cccc(C)c2Cl)CC1. The number of hydrogen-bond acceptors (Lipinski definition) is 3. The van der Waals surface area contributed by atoms with Crippen LogP contribution in [0, 0.1) is 18.3 Å². The number of piperazine rings is 1. The molecule has 112 valence electrons. The second-order valence-electron chi connectivity index (χ2n) is 5.32. The van der Waals surface area contributed by atoms with Crippen molar-refractivity contribution in [3.8, 4) is 6.07 Å². The van der Waals surface area contributed by atoms with Crippen LogP contribution in [0.5, 0.6) is 0 Å². The van der Waals surface area contributed by atoms with Crippen molar-refractivity contribution in [1.82, 2.24) is 9.80 Å². The molecule has 1 aliphatic rings. The van der Waals surface area contributed by atoms with Crippen molar-refractivity contribution in [2.75, 3.05) is 26.2 Å². The molecule has 0 radical (unpaired) electrons. The topological polar surface area (TPSA) is 47.3 Å². The molecule has 0 aromatic heterocycles. The van der Waals surface area contributed by atoms with Crippen molar-refractivity contribution in [2.24, 2.45) is 0 Å². The quantitative estimate of drug-likeness (QED) is 0.862. The van der Waals surface area contributed by atoms with Gasteiger partial charge in [-0.25, -0.2) is 0 Å². The van der Waals surface area contributed by atoms with E-state index in [-0.39, 0.29) is 11.9 Å². The van der Waals surface area contributed by atoms with Crippen LogP contribution < -0.4 is 0 Å². The van der Waals surface area contributed by atoms with E-state index in [4.69, 9.17) is 16.9 Å². The first-order valence-corrected chi connectivity index (χ1v) is 7.64. The van der Waals surface area contributed by atoms with Gasteiger partial charge < -0.3 is 4.90 Å². The number of nitrogens with zero attached hydrogens (tertiary/aromatic N) is 3. The molecule has 0 bridgehead atoms. The summed E-state index contributed by atoms with van der Waals surface area (Å²) in [5, 5.41) is 9.64. The number of amides is 1. The van der Waals surface area contributed by atoms with Crippen molar-refractivity contribution in [3.05, 3.63) is 34.3 Å². The Bertz CT molecular complexity index is 559. The van der Waals surface area contributed by atoms with E-state index in [1.165, 1.54) is 0 Å². The second kappa shape index (κ2) is 6.93. The zero-order chi connectivity index (χ0) is 15.4. The van der Waals surface area contributed by atoms with Crippen molar-refractivity contribution in [1.29, 1.82) is 5.26 Å². The third-order valence-electron chi connectivity index (χ3n) is 4.00. The first-order chi connectivity index (χ1) is 10.1. The number of hydrogen-bond donors (Lipinski definition) is 0. The van der Waals surface area contributed by atoms with Gasteiger partial charge in [0.2, 0.25) is 0 Å². The Balaban J connectivity index is 2.04. The van der Waals surface area contributed by atoms with E-state index in [0.717, 1.165) is 25.1 Å². The number of benzene rings is 1. The van der Waals surface area contributed by atoms with Gasteiger partial charge in [-0.1, -0.05) is 30.7 Å². The van der Waals surface area contributed by atoms with Crippen LogP contribution in [0.2, 0.25) is 5.02 Å². The summed E-state index contributed by atoms with van der Waals surface area (Å²) in [6, 6.07) is 7.79. The summed E-state index contributed by atoms with van der Waals surface area (Å²) in [5.74, 6) is -0.0200. The fourth-order valence-corrected chi connectivity index (χ4v) is 2.86. The van der Waals surface area contributed by atoms with Crippen LogP contribution in [0.4, 0.5) is 0 Å². The van der Waals surface area contributed by atoms with Gasteiger partial charge in [0.05, 0.1) is 22.7 Å². The Morgan fingerprint density at radius 2 is 2.05 bits per heavy atom. The fourth-order valence-electron chi connectivity index (χ4n) is 2.65. The van der Waals surface area contributed by atoms with Crippen LogP contribution in [0.15, 0.2) is 18.2 Å². The average Bonchev–Trinajstić information content (AvgIpc) is 2.51. The van der Waals surface area contributed by atoms with Crippen LogP contribution in [0.25, 0.3) is 0 Å². The molecule has 1 unspecified atom stereocenters. The Morgan fingerprint density at radius 1 is 1.38 bits per heavy atom. The molecule has 1 aromatic rings. The van der Waals surface area contributed by atoms with E-state index in [2.05, 4.69) is 11.0 Å². The Morgan fingerprint density at radius 3 is 2.62 bits per heavy atom. The van der Waals surface area contributed by atoms with E-state index < -0.39 is 0 Å². The second-order valence-corrected chi connectivity index (χ2v) is 5.70. The molecular weight excluding hydrogens is 286 g/mol. The lowest BCUT2D eigenvalue weighted by Crippen LogP contribution is -2.51. The number of rotatable bonds is 3. The number of nitriles is 1. The Kier molecular flexibility index (Phi) is 5.22. The molecule has 1 aromatic carbocycles. The van der Waals surface area contributed by atoms with Gasteiger partial charge in [0.1, 0.15) is 0 Å². The molecule has 1 fully saturated rings. The molecule has 21 heavy (non-hydrogen) atoms. The van der Waals surface area contributed by atoms with Crippen LogP contribution in [-0.4, -0.2) is 47.9 Å². The lowest BCUT2D eigenvalue weighted by Gasteiger charge is -2.36. The minimum Gasteiger partial charge on any atom is -0.336 e. The minimum absolute atomic E-state index is 0.0200. The molecule has 4 nitrogen and oxygen atoms in total. The normalized spacial score (nSPS) is 17.3. The summed E-state index contributed by atoms with van der Waals surface area (Å²) in [4.78, 5) is 16.5. The smallest absolute Gasteiger partial charge is 0.255 e. The predicted octanol–water partition coefficient (Wildman–Crippen LogP) is 2.71. The van der Waals surface area contributed by atoms with E-state index >= 15 is 0 Å². The van der Waals surface area contributed by atoms with E-state index in [0.29, 0.717) is 23.7 Å². The molecule has 0 aliphatic carbocycles. The summed E-state index contributed by atoms with van der Waals surface area (Å²) >= 11 is 6.23. The van der Waals surface area contributed by atoms with E-state index in [1.807, 2.05) is 30.9 Å². The third-order valence-corrected chi connectivity index (χ3v) is 4.50. The highest BCUT2D eigenvalue weighted by molar-refractivity contribution is 6.34. The lowest BCUT2D eigenvalue weighted by atomic mass is 10.1. The molecule has 2 rings (SSSR count). The molecule has 1 atom stereocenters. The fraction of sp³-hybridized carbons (Fsp3) is 0.500. The first kappa shape index (κ1) is 15.8. The van der Waals surface area contributed by atoms with E-state index in [1.54, 1.807) is 6.07 Å². The Hall–Kier alpha value is -1.57. The van der Waals surface area contributed by atoms with E-state index in [9.17, 15) is 4.79 Å². The molecule has 1 aliphatic heterocycles. The number of carbonyl (C=O) groups excluding carboxylic acids is 1. The van der Waals surface area contributed by atoms with Gasteiger partial charge in [-0.2, -0.15) is 5.26 Å². The summed E-state index contributed by atoms with van der Waals surface area (Å²) in [5.41, 5.74) is 1.48. The lowest BCUT2D eigenvalue weighted by molar-refractivity contribution is 0.0604. The van der Waals surface area contributed by atoms with Gasteiger partial charge >= 0.3 is 0 Å². The Labute approximate surface area is 130 Å². The van der Waals surface area contributed by atoms with Crippen LogP contribution in [0.1, 0.15) is 29.3 Å². The monoisotopic (exact) mass is 305 g/mol. The van der Waals surface area contributed by atoms with Crippen molar-refractivity contribution in [2.45, 2.75) is 26.3 Å². The first-order valence-electron chi connectivity index (χ1n) is 7.26. The zero-order valence-corrected chi connectivity index (χ0v) is 13.2. The van der Waals surface area contributed by atoms with Crippen molar-refractivity contribution < 1.29 is 4.79 Å². The molecule has 1 amide bonds. The van der Waals surface area contributed by atoms with Gasteiger partial charge in [0.25, 0.3) is 5.91 Å². The maximum atomic E-state index is 12.5. The molecule has 0 N–H and O–H groups in total. The maximum absolute atomic E-state index is 12.5. The molecule has 5 heteroatoms. The average molecular weight is 306 g/mol. The van der Waals surface area contributed by atoms with Gasteiger partial charge in [0.15, 0.2) is 0 Å². The van der Waals surface area contributed by atoms with Gasteiger partial charge in [0, 0.05) is 26.2 Å². The molecule has 1 saturated heterocycles.